The number of amides is 1. The highest BCUT2D eigenvalue weighted by Gasteiger charge is 2.37. The average molecular weight is 584 g/mol. The van der Waals surface area contributed by atoms with Gasteiger partial charge in [-0.3, -0.25) is 9.59 Å². The smallest absolute Gasteiger partial charge is 0.255 e. The van der Waals surface area contributed by atoms with Gasteiger partial charge in [-0.2, -0.15) is 0 Å². The number of ketones is 1. The van der Waals surface area contributed by atoms with Gasteiger partial charge in [0.15, 0.2) is 5.78 Å². The first kappa shape index (κ1) is 32.7. The van der Waals surface area contributed by atoms with Crippen LogP contribution in [0.1, 0.15) is 126 Å². The molecule has 0 bridgehead atoms. The minimum atomic E-state index is -0.318. The van der Waals surface area contributed by atoms with Crippen LogP contribution in [0.2, 0.25) is 0 Å². The van der Waals surface area contributed by atoms with E-state index in [1.165, 1.54) is 30.5 Å². The summed E-state index contributed by atoms with van der Waals surface area (Å²) < 4.78 is 0. The molecule has 4 rings (SSSR count). The molecule has 0 spiro atoms. The first-order valence-electron chi connectivity index (χ1n) is 16.6. The Balaban J connectivity index is 1.71. The molecule has 5 nitrogen and oxygen atoms in total. The number of aliphatic imine (C=N–C) groups is 1. The molecule has 5 heteroatoms. The predicted molar refractivity (Wildman–Crippen MR) is 181 cm³/mol. The van der Waals surface area contributed by atoms with E-state index in [0.717, 1.165) is 49.0 Å². The van der Waals surface area contributed by atoms with Crippen molar-refractivity contribution in [2.75, 3.05) is 18.0 Å². The van der Waals surface area contributed by atoms with Crippen LogP contribution in [0.15, 0.2) is 53.0 Å². The van der Waals surface area contributed by atoms with E-state index in [0.29, 0.717) is 35.6 Å². The molecule has 3 unspecified atom stereocenters. The molecule has 1 aliphatic heterocycles. The number of Topliss-reactive ketones (excluding diaryl/α,β-unsaturated/α-hetero) is 1. The summed E-state index contributed by atoms with van der Waals surface area (Å²) in [7, 11) is 0. The molecule has 2 aromatic rings. The van der Waals surface area contributed by atoms with Crippen molar-refractivity contribution in [1.29, 1.82) is 0 Å². The molecule has 3 atom stereocenters. The van der Waals surface area contributed by atoms with Crippen molar-refractivity contribution in [3.05, 3.63) is 70.3 Å². The van der Waals surface area contributed by atoms with E-state index < -0.39 is 0 Å². The number of nitrogens with zero attached hydrogens (tertiary/aromatic N) is 2. The van der Waals surface area contributed by atoms with Gasteiger partial charge in [-0.1, -0.05) is 84.6 Å². The van der Waals surface area contributed by atoms with Crippen LogP contribution in [0, 0.1) is 18.8 Å². The van der Waals surface area contributed by atoms with Crippen LogP contribution in [-0.4, -0.2) is 36.0 Å². The number of carbonyl (C=O) groups is 2. The molecule has 0 saturated heterocycles. The number of benzene rings is 2. The zero-order chi connectivity index (χ0) is 31.3. The fourth-order valence-corrected chi connectivity index (χ4v) is 6.78. The zero-order valence-corrected chi connectivity index (χ0v) is 27.8. The number of nitrogens with one attached hydrogen (secondary N) is 1. The zero-order valence-electron chi connectivity index (χ0n) is 27.8. The maximum atomic E-state index is 13.4. The quantitative estimate of drug-likeness (QED) is 0.254. The predicted octanol–water partition coefficient (Wildman–Crippen LogP) is 9.10. The Bertz CT molecular complexity index is 1390. The van der Waals surface area contributed by atoms with Gasteiger partial charge < -0.3 is 10.2 Å². The molecule has 1 amide bonds. The highest BCUT2D eigenvalue weighted by molar-refractivity contribution is 6.35. The third-order valence-corrected chi connectivity index (χ3v) is 9.37. The van der Waals surface area contributed by atoms with E-state index in [1.54, 1.807) is 12.1 Å². The first-order chi connectivity index (χ1) is 20.5. The number of rotatable bonds is 12. The molecule has 0 radical (unpaired) electrons. The van der Waals surface area contributed by atoms with Crippen LogP contribution in [0.5, 0.6) is 0 Å². The van der Waals surface area contributed by atoms with Gasteiger partial charge in [0.05, 0.1) is 17.0 Å². The largest absolute Gasteiger partial charge is 0.366 e. The topological polar surface area (TPSA) is 61.8 Å². The summed E-state index contributed by atoms with van der Waals surface area (Å²) in [5.74, 6) is 0.836. The van der Waals surface area contributed by atoms with Crippen molar-refractivity contribution >= 4 is 28.8 Å². The van der Waals surface area contributed by atoms with Gasteiger partial charge in [-0.15, -0.1) is 0 Å². The Morgan fingerprint density at radius 3 is 2.37 bits per heavy atom. The lowest BCUT2D eigenvalue weighted by atomic mass is 9.78. The average Bonchev–Trinajstić information content (AvgIpc) is 2.97. The Morgan fingerprint density at radius 2 is 1.70 bits per heavy atom. The van der Waals surface area contributed by atoms with Gasteiger partial charge >= 0.3 is 0 Å². The number of anilines is 1. The van der Waals surface area contributed by atoms with Crippen molar-refractivity contribution in [2.45, 2.75) is 112 Å². The summed E-state index contributed by atoms with van der Waals surface area (Å²) in [5, 5.41) is 3.02. The van der Waals surface area contributed by atoms with Crippen LogP contribution in [0.3, 0.4) is 0 Å². The minimum Gasteiger partial charge on any atom is -0.366 e. The summed E-state index contributed by atoms with van der Waals surface area (Å²) in [4.78, 5) is 34.5. The number of fused-ring (bicyclic) bond motifs is 2. The third kappa shape index (κ3) is 7.48. The van der Waals surface area contributed by atoms with E-state index in [4.69, 9.17) is 4.99 Å². The van der Waals surface area contributed by atoms with Crippen molar-refractivity contribution in [1.82, 2.24) is 5.32 Å². The second-order valence-corrected chi connectivity index (χ2v) is 13.9. The molecule has 1 heterocycles. The standard InChI is InChI=1S/C38H53N3O2/c1-9-11-15-25(3)23-39-37(43)32-21-34(29-17-13-14-18-30(29)36(32)42)40-33-20-31-28(6)22-38(7,8)41(35(31)19-27(33)5)24-26(4)16-12-10-2/h13-14,17-21,25-26,28H,9-12,15-16,22-24H2,1-8H3,(H,39,43). The summed E-state index contributed by atoms with van der Waals surface area (Å²) >= 11 is 0. The lowest BCUT2D eigenvalue weighted by Crippen LogP contribution is -2.50. The highest BCUT2D eigenvalue weighted by Crippen LogP contribution is 2.46. The van der Waals surface area contributed by atoms with E-state index in [-0.39, 0.29) is 22.8 Å². The number of hydrogen-bond donors (Lipinski definition) is 1. The summed E-state index contributed by atoms with van der Waals surface area (Å²) in [6.45, 7) is 19.8. The summed E-state index contributed by atoms with van der Waals surface area (Å²) in [5.41, 5.74) is 6.86. The normalized spacial score (nSPS) is 19.9. The number of aryl methyl sites for hydroxylation is 1. The molecule has 43 heavy (non-hydrogen) atoms. The van der Waals surface area contributed by atoms with Crippen LogP contribution in [-0.2, 0) is 4.79 Å². The summed E-state index contributed by atoms with van der Waals surface area (Å²) in [6, 6.07) is 12.1. The van der Waals surface area contributed by atoms with E-state index in [1.807, 2.05) is 18.2 Å². The molecule has 0 fully saturated rings. The lowest BCUT2D eigenvalue weighted by molar-refractivity contribution is -0.117. The van der Waals surface area contributed by atoms with Gasteiger partial charge in [0.25, 0.3) is 5.91 Å². The second kappa shape index (κ2) is 14.1. The Morgan fingerprint density at radius 1 is 1.05 bits per heavy atom. The van der Waals surface area contributed by atoms with Crippen molar-refractivity contribution < 1.29 is 9.59 Å². The molecular formula is C38H53N3O2. The summed E-state index contributed by atoms with van der Waals surface area (Å²) in [6.07, 6.45) is 9.85. The SMILES string of the molecule is CCCCC(C)CNC(=O)C1=CC(=Nc2cc3c(cc2C)N(CC(C)CCCC)C(C)(C)CC3C)c2ccccc2C1=O. The maximum absolute atomic E-state index is 13.4. The Kier molecular flexibility index (Phi) is 10.7. The van der Waals surface area contributed by atoms with Gasteiger partial charge in [-0.05, 0) is 87.1 Å². The van der Waals surface area contributed by atoms with Gasteiger partial charge in [0, 0.05) is 35.4 Å². The fourth-order valence-electron chi connectivity index (χ4n) is 6.78. The molecular weight excluding hydrogens is 530 g/mol. The third-order valence-electron chi connectivity index (χ3n) is 9.37. The molecule has 2 aromatic carbocycles. The molecule has 1 N–H and O–H groups in total. The molecule has 232 valence electrons. The second-order valence-electron chi connectivity index (χ2n) is 13.9. The highest BCUT2D eigenvalue weighted by atomic mass is 16.2. The lowest BCUT2D eigenvalue weighted by Gasteiger charge is -2.49. The minimum absolute atomic E-state index is 0.0778. The molecule has 0 saturated carbocycles. The number of hydrogen-bond acceptors (Lipinski definition) is 4. The van der Waals surface area contributed by atoms with E-state index in [2.05, 4.69) is 77.7 Å². The van der Waals surface area contributed by atoms with Gasteiger partial charge in [0.2, 0.25) is 0 Å². The number of allylic oxidation sites excluding steroid dienone is 1. The van der Waals surface area contributed by atoms with E-state index >= 15 is 0 Å². The Labute approximate surface area is 260 Å². The van der Waals surface area contributed by atoms with Gasteiger partial charge in [-0.25, -0.2) is 4.99 Å². The van der Waals surface area contributed by atoms with Gasteiger partial charge in [0.1, 0.15) is 0 Å². The monoisotopic (exact) mass is 583 g/mol. The maximum Gasteiger partial charge on any atom is 0.255 e. The Hall–Kier alpha value is -3.21. The van der Waals surface area contributed by atoms with Crippen LogP contribution >= 0.6 is 0 Å². The van der Waals surface area contributed by atoms with Crippen LogP contribution < -0.4 is 10.2 Å². The fraction of sp³-hybridized carbons (Fsp3) is 0.553. The van der Waals surface area contributed by atoms with E-state index in [9.17, 15) is 9.59 Å². The molecule has 2 aliphatic rings. The van der Waals surface area contributed by atoms with Crippen LogP contribution in [0.25, 0.3) is 0 Å². The molecule has 1 aliphatic carbocycles. The number of unbranched alkanes of at least 4 members (excludes halogenated alkanes) is 2. The van der Waals surface area contributed by atoms with Crippen molar-refractivity contribution in [2.24, 2.45) is 16.8 Å². The number of carbonyl (C=O) groups excluding carboxylic acids is 2. The molecule has 0 aromatic heterocycles. The van der Waals surface area contributed by atoms with Crippen molar-refractivity contribution in [3.63, 3.8) is 0 Å². The first-order valence-corrected chi connectivity index (χ1v) is 16.6. The van der Waals surface area contributed by atoms with Crippen LogP contribution in [0.4, 0.5) is 11.4 Å². The van der Waals surface area contributed by atoms with Crippen molar-refractivity contribution in [3.8, 4) is 0 Å².